The highest BCUT2D eigenvalue weighted by Gasteiger charge is 2.40. The van der Waals surface area contributed by atoms with Crippen molar-refractivity contribution in [3.63, 3.8) is 0 Å². The first-order valence-electron chi connectivity index (χ1n) is 7.45. The molecule has 7 nitrogen and oxygen atoms in total. The molecule has 1 aliphatic carbocycles. The molecule has 1 aliphatic rings. The van der Waals surface area contributed by atoms with Crippen molar-refractivity contribution in [3.05, 3.63) is 33.3 Å². The Hall–Kier alpha value is -1.80. The molecule has 1 amide bonds. The quantitative estimate of drug-likeness (QED) is 0.450. The summed E-state index contributed by atoms with van der Waals surface area (Å²) in [4.78, 5) is 34.5. The number of amides is 1. The molecule has 0 unspecified atom stereocenters. The van der Waals surface area contributed by atoms with Crippen LogP contribution in [0.2, 0.25) is 5.02 Å². The van der Waals surface area contributed by atoms with Crippen LogP contribution in [0.25, 0.3) is 0 Å². The van der Waals surface area contributed by atoms with Crippen LogP contribution in [0, 0.1) is 10.1 Å². The first-order chi connectivity index (χ1) is 11.3. The van der Waals surface area contributed by atoms with Crippen LogP contribution in [-0.4, -0.2) is 33.2 Å². The third-order valence-electron chi connectivity index (χ3n) is 3.97. The van der Waals surface area contributed by atoms with Crippen molar-refractivity contribution >= 4 is 40.9 Å². The molecule has 0 saturated heterocycles. The topological polar surface area (TPSA) is 110 Å². The molecule has 0 aromatic heterocycles. The largest absolute Gasteiger partial charge is 0.480 e. The summed E-state index contributed by atoms with van der Waals surface area (Å²) in [6.45, 7) is 0. The van der Waals surface area contributed by atoms with E-state index in [9.17, 15) is 24.8 Å². The Bertz CT molecular complexity index is 661. The summed E-state index contributed by atoms with van der Waals surface area (Å²) in [6.07, 6.45) is 3.26. The molecular weight excluding hydrogens is 356 g/mol. The second-order valence-corrected chi connectivity index (χ2v) is 7.11. The molecule has 1 fully saturated rings. The summed E-state index contributed by atoms with van der Waals surface area (Å²) in [5, 5.41) is 23.3. The molecule has 1 aromatic rings. The van der Waals surface area contributed by atoms with Gasteiger partial charge in [-0.25, -0.2) is 4.79 Å². The molecule has 0 atom stereocenters. The number of carbonyl (C=O) groups excluding carboxylic acids is 1. The van der Waals surface area contributed by atoms with Crippen LogP contribution in [0.4, 0.5) is 5.69 Å². The lowest BCUT2D eigenvalue weighted by molar-refractivity contribution is -0.387. The fraction of sp³-hybridized carbons (Fsp3) is 0.467. The zero-order valence-corrected chi connectivity index (χ0v) is 14.4. The van der Waals surface area contributed by atoms with Crippen LogP contribution in [0.3, 0.4) is 0 Å². The first-order valence-corrected chi connectivity index (χ1v) is 8.81. The number of nitro benzene ring substituents is 1. The highest BCUT2D eigenvalue weighted by atomic mass is 35.5. The van der Waals surface area contributed by atoms with Gasteiger partial charge in [-0.3, -0.25) is 14.9 Å². The standard InChI is InChI=1S/C15H17ClN2O5S/c16-10-4-5-12(11(8-10)18(22)23)24-9-13(19)17-15(14(20)21)6-2-1-3-7-15/h4-5,8H,1-3,6-7,9H2,(H,17,19)(H,20,21). The molecule has 9 heteroatoms. The molecule has 1 aromatic carbocycles. The maximum absolute atomic E-state index is 12.2. The summed E-state index contributed by atoms with van der Waals surface area (Å²) in [6, 6.07) is 4.21. The average molecular weight is 373 g/mol. The number of nitrogens with one attached hydrogen (secondary N) is 1. The number of rotatable bonds is 6. The van der Waals surface area contributed by atoms with Gasteiger partial charge in [0.25, 0.3) is 5.69 Å². The second kappa shape index (κ2) is 7.85. The number of hydrogen-bond acceptors (Lipinski definition) is 5. The molecule has 24 heavy (non-hydrogen) atoms. The Morgan fingerprint density at radius 2 is 2.00 bits per heavy atom. The van der Waals surface area contributed by atoms with Crippen LogP contribution in [0.5, 0.6) is 0 Å². The van der Waals surface area contributed by atoms with Gasteiger partial charge in [0.05, 0.1) is 15.6 Å². The average Bonchev–Trinajstić information content (AvgIpc) is 2.54. The summed E-state index contributed by atoms with van der Waals surface area (Å²) >= 11 is 6.73. The Balaban J connectivity index is 2.03. The Morgan fingerprint density at radius 1 is 1.33 bits per heavy atom. The van der Waals surface area contributed by atoms with Crippen LogP contribution in [0.1, 0.15) is 32.1 Å². The van der Waals surface area contributed by atoms with Gasteiger partial charge in [-0.2, -0.15) is 0 Å². The minimum atomic E-state index is -1.22. The van der Waals surface area contributed by atoms with E-state index in [2.05, 4.69) is 5.32 Å². The highest BCUT2D eigenvalue weighted by Crippen LogP contribution is 2.32. The summed E-state index contributed by atoms with van der Waals surface area (Å²) in [5.41, 5.74) is -1.40. The Morgan fingerprint density at radius 3 is 2.58 bits per heavy atom. The molecule has 130 valence electrons. The third-order valence-corrected chi connectivity index (χ3v) is 5.27. The van der Waals surface area contributed by atoms with Crippen molar-refractivity contribution in [1.82, 2.24) is 5.32 Å². The van der Waals surface area contributed by atoms with Crippen molar-refractivity contribution in [2.45, 2.75) is 42.5 Å². The lowest BCUT2D eigenvalue weighted by Gasteiger charge is -2.33. The van der Waals surface area contributed by atoms with E-state index in [0.29, 0.717) is 17.7 Å². The van der Waals surface area contributed by atoms with Gasteiger partial charge in [0.1, 0.15) is 5.54 Å². The fourth-order valence-corrected chi connectivity index (χ4v) is 3.72. The van der Waals surface area contributed by atoms with E-state index in [0.717, 1.165) is 31.0 Å². The molecular formula is C15H17ClN2O5S. The number of carbonyl (C=O) groups is 2. The van der Waals surface area contributed by atoms with Gasteiger partial charge >= 0.3 is 5.97 Å². The number of aliphatic carboxylic acids is 1. The Kier molecular flexibility index (Phi) is 6.06. The van der Waals surface area contributed by atoms with E-state index in [1.165, 1.54) is 18.2 Å². The summed E-state index contributed by atoms with van der Waals surface area (Å²) in [7, 11) is 0. The van der Waals surface area contributed by atoms with E-state index in [4.69, 9.17) is 11.6 Å². The van der Waals surface area contributed by atoms with Gasteiger partial charge < -0.3 is 10.4 Å². The van der Waals surface area contributed by atoms with Crippen molar-refractivity contribution in [2.75, 3.05) is 5.75 Å². The van der Waals surface area contributed by atoms with Crippen LogP contribution in [-0.2, 0) is 9.59 Å². The van der Waals surface area contributed by atoms with Gasteiger partial charge in [0, 0.05) is 11.1 Å². The molecule has 0 aliphatic heterocycles. The zero-order valence-electron chi connectivity index (χ0n) is 12.8. The molecule has 0 spiro atoms. The van der Waals surface area contributed by atoms with Crippen molar-refractivity contribution in [3.8, 4) is 0 Å². The number of benzene rings is 1. The van der Waals surface area contributed by atoms with Crippen molar-refractivity contribution in [1.29, 1.82) is 0 Å². The van der Waals surface area contributed by atoms with E-state index in [1.807, 2.05) is 0 Å². The van der Waals surface area contributed by atoms with E-state index < -0.39 is 22.3 Å². The smallest absolute Gasteiger partial charge is 0.329 e. The number of thioether (sulfide) groups is 1. The second-order valence-electron chi connectivity index (χ2n) is 5.65. The monoisotopic (exact) mass is 372 g/mol. The van der Waals surface area contributed by atoms with Crippen molar-refractivity contribution in [2.24, 2.45) is 0 Å². The van der Waals surface area contributed by atoms with Crippen LogP contribution < -0.4 is 5.32 Å². The normalized spacial score (nSPS) is 16.4. The molecule has 2 rings (SSSR count). The zero-order chi connectivity index (χ0) is 17.7. The number of halogens is 1. The molecule has 1 saturated carbocycles. The van der Waals surface area contributed by atoms with Gasteiger partial charge in [-0.05, 0) is 25.0 Å². The van der Waals surface area contributed by atoms with Crippen molar-refractivity contribution < 1.29 is 19.6 Å². The van der Waals surface area contributed by atoms with E-state index >= 15 is 0 Å². The molecule has 0 heterocycles. The van der Waals surface area contributed by atoms with Crippen LogP contribution >= 0.6 is 23.4 Å². The summed E-state index contributed by atoms with van der Waals surface area (Å²) in [5.74, 6) is -1.58. The number of carboxylic acid groups (broad SMARTS) is 1. The molecule has 0 bridgehead atoms. The number of hydrogen-bond donors (Lipinski definition) is 2. The van der Waals surface area contributed by atoms with Gasteiger partial charge in [0.15, 0.2) is 0 Å². The lowest BCUT2D eigenvalue weighted by atomic mass is 9.81. The predicted octanol–water partition coefficient (Wildman–Crippen LogP) is 3.24. The minimum Gasteiger partial charge on any atom is -0.480 e. The van der Waals surface area contributed by atoms with E-state index in [1.54, 1.807) is 0 Å². The lowest BCUT2D eigenvalue weighted by Crippen LogP contribution is -2.56. The van der Waals surface area contributed by atoms with E-state index in [-0.39, 0.29) is 16.5 Å². The Labute approximate surface area is 147 Å². The van der Waals surface area contributed by atoms with Gasteiger partial charge in [0.2, 0.25) is 5.91 Å². The molecule has 2 N–H and O–H groups in total. The SMILES string of the molecule is O=C(CSc1ccc(Cl)cc1[N+](=O)[O-])NC1(C(=O)O)CCCCC1. The maximum Gasteiger partial charge on any atom is 0.329 e. The summed E-state index contributed by atoms with van der Waals surface area (Å²) < 4.78 is 0. The van der Waals surface area contributed by atoms with Crippen LogP contribution in [0.15, 0.2) is 23.1 Å². The van der Waals surface area contributed by atoms with Gasteiger partial charge in [-0.15, -0.1) is 11.8 Å². The number of nitro groups is 1. The number of nitrogens with zero attached hydrogens (tertiary/aromatic N) is 1. The first kappa shape index (κ1) is 18.5. The molecule has 0 radical (unpaired) electrons. The third kappa shape index (κ3) is 4.39. The predicted molar refractivity (Wildman–Crippen MR) is 90.4 cm³/mol. The maximum atomic E-state index is 12.2. The fourth-order valence-electron chi connectivity index (χ4n) is 2.75. The highest BCUT2D eigenvalue weighted by molar-refractivity contribution is 8.00. The van der Waals surface area contributed by atoms with Gasteiger partial charge in [-0.1, -0.05) is 30.9 Å². The number of carboxylic acids is 1. The minimum absolute atomic E-state index is 0.0997.